The Morgan fingerprint density at radius 1 is 1.56 bits per heavy atom. The first-order valence-electron chi connectivity index (χ1n) is 5.61. The van der Waals surface area contributed by atoms with Gasteiger partial charge in [0.05, 0.1) is 5.56 Å². The number of nitrogens with zero attached hydrogens (tertiary/aromatic N) is 1. The predicted octanol–water partition coefficient (Wildman–Crippen LogP) is 2.07. The molecule has 0 bridgehead atoms. The van der Waals surface area contributed by atoms with Crippen LogP contribution in [0, 0.1) is 5.92 Å². The summed E-state index contributed by atoms with van der Waals surface area (Å²) in [5.41, 5.74) is 0.326. The third kappa shape index (κ3) is 3.53. The minimum absolute atomic E-state index is 0.137. The van der Waals surface area contributed by atoms with Crippen molar-refractivity contribution in [3.8, 4) is 0 Å². The smallest absolute Gasteiger partial charge is 0.326 e. The molecule has 0 spiro atoms. The molecule has 1 heterocycles. The second kappa shape index (κ2) is 6.49. The van der Waals surface area contributed by atoms with Crippen molar-refractivity contribution in [1.29, 1.82) is 0 Å². The quantitative estimate of drug-likeness (QED) is 0.815. The van der Waals surface area contributed by atoms with Crippen LogP contribution < -0.4 is 5.32 Å². The first-order chi connectivity index (χ1) is 8.47. The number of carboxylic acid groups (broad SMARTS) is 1. The summed E-state index contributed by atoms with van der Waals surface area (Å²) in [7, 11) is 0. The summed E-state index contributed by atoms with van der Waals surface area (Å²) in [4.78, 5) is 27.0. The highest BCUT2D eigenvalue weighted by molar-refractivity contribution is 9.10. The monoisotopic (exact) mass is 314 g/mol. The molecular formula is C12H15BrN2O3. The average Bonchev–Trinajstić information content (AvgIpc) is 2.35. The van der Waals surface area contributed by atoms with Crippen molar-refractivity contribution in [2.24, 2.45) is 5.92 Å². The minimum atomic E-state index is -1.03. The SMILES string of the molecule is CCC(C)[C@H](NC(=O)c1cccnc1Br)C(=O)O. The van der Waals surface area contributed by atoms with Gasteiger partial charge in [-0.15, -0.1) is 0 Å². The topological polar surface area (TPSA) is 79.3 Å². The van der Waals surface area contributed by atoms with Gasteiger partial charge >= 0.3 is 5.97 Å². The first kappa shape index (κ1) is 14.6. The molecule has 0 aliphatic rings. The molecular weight excluding hydrogens is 300 g/mol. The van der Waals surface area contributed by atoms with E-state index in [1.54, 1.807) is 25.3 Å². The van der Waals surface area contributed by atoms with E-state index in [1.165, 1.54) is 0 Å². The molecule has 0 aromatic carbocycles. The molecule has 0 fully saturated rings. The Hall–Kier alpha value is -1.43. The Bertz CT molecular complexity index is 451. The van der Waals surface area contributed by atoms with E-state index in [9.17, 15) is 9.59 Å². The molecule has 1 amide bonds. The van der Waals surface area contributed by atoms with Crippen LogP contribution in [0.4, 0.5) is 0 Å². The van der Waals surface area contributed by atoms with Gasteiger partial charge in [0, 0.05) is 6.20 Å². The number of carbonyl (C=O) groups is 2. The van der Waals surface area contributed by atoms with Crippen LogP contribution in [0.2, 0.25) is 0 Å². The molecule has 2 N–H and O–H groups in total. The van der Waals surface area contributed by atoms with Gasteiger partial charge in [-0.2, -0.15) is 0 Å². The van der Waals surface area contributed by atoms with Crippen LogP contribution in [-0.4, -0.2) is 28.0 Å². The molecule has 0 radical (unpaired) electrons. The Kier molecular flexibility index (Phi) is 5.27. The fraction of sp³-hybridized carbons (Fsp3) is 0.417. The molecule has 0 saturated carbocycles. The molecule has 1 aromatic rings. The van der Waals surface area contributed by atoms with Gasteiger partial charge in [-0.25, -0.2) is 9.78 Å². The minimum Gasteiger partial charge on any atom is -0.480 e. The zero-order valence-corrected chi connectivity index (χ0v) is 11.8. The van der Waals surface area contributed by atoms with E-state index in [0.29, 0.717) is 16.6 Å². The maximum Gasteiger partial charge on any atom is 0.326 e. The standard InChI is InChI=1S/C12H15BrN2O3/c1-3-7(2)9(12(17)18)15-11(16)8-5-4-6-14-10(8)13/h4-7,9H,3H2,1-2H3,(H,15,16)(H,17,18)/t7?,9-/m0/s1. The fourth-order valence-electron chi connectivity index (χ4n) is 1.46. The summed E-state index contributed by atoms with van der Waals surface area (Å²) in [6.45, 7) is 3.67. The van der Waals surface area contributed by atoms with Gasteiger partial charge in [0.25, 0.3) is 5.91 Å². The number of aromatic nitrogens is 1. The second-order valence-corrected chi connectivity index (χ2v) is 4.77. The lowest BCUT2D eigenvalue weighted by Gasteiger charge is -2.20. The van der Waals surface area contributed by atoms with E-state index >= 15 is 0 Å². The summed E-state index contributed by atoms with van der Waals surface area (Å²) >= 11 is 3.16. The van der Waals surface area contributed by atoms with E-state index in [0.717, 1.165) is 0 Å². The van der Waals surface area contributed by atoms with Gasteiger partial charge < -0.3 is 10.4 Å². The summed E-state index contributed by atoms with van der Waals surface area (Å²) in [6, 6.07) is 2.32. The van der Waals surface area contributed by atoms with Crippen LogP contribution in [0.5, 0.6) is 0 Å². The molecule has 2 atom stereocenters. The maximum atomic E-state index is 12.0. The largest absolute Gasteiger partial charge is 0.480 e. The number of hydrogen-bond donors (Lipinski definition) is 2. The van der Waals surface area contributed by atoms with Crippen LogP contribution in [0.1, 0.15) is 30.6 Å². The van der Waals surface area contributed by atoms with Crippen molar-refractivity contribution in [2.45, 2.75) is 26.3 Å². The van der Waals surface area contributed by atoms with Gasteiger partial charge in [-0.3, -0.25) is 4.79 Å². The molecule has 1 aromatic heterocycles. The van der Waals surface area contributed by atoms with Gasteiger partial charge in [0.1, 0.15) is 10.6 Å². The van der Waals surface area contributed by atoms with E-state index in [1.807, 2.05) is 6.92 Å². The molecule has 0 aliphatic carbocycles. The van der Waals surface area contributed by atoms with Crippen LogP contribution in [0.15, 0.2) is 22.9 Å². The molecule has 98 valence electrons. The summed E-state index contributed by atoms with van der Waals surface area (Å²) in [6.07, 6.45) is 2.22. The molecule has 5 nitrogen and oxygen atoms in total. The average molecular weight is 315 g/mol. The predicted molar refractivity (Wildman–Crippen MR) is 70.3 cm³/mol. The van der Waals surface area contributed by atoms with Crippen LogP contribution >= 0.6 is 15.9 Å². The fourth-order valence-corrected chi connectivity index (χ4v) is 1.89. The Morgan fingerprint density at radius 2 is 2.22 bits per heavy atom. The highest BCUT2D eigenvalue weighted by atomic mass is 79.9. The summed E-state index contributed by atoms with van der Waals surface area (Å²) < 4.78 is 0.399. The van der Waals surface area contributed by atoms with E-state index in [-0.39, 0.29) is 5.92 Å². The molecule has 1 unspecified atom stereocenters. The summed E-state index contributed by atoms with van der Waals surface area (Å²) in [5, 5.41) is 11.6. The van der Waals surface area contributed by atoms with Crippen LogP contribution in [0.25, 0.3) is 0 Å². The van der Waals surface area contributed by atoms with Gasteiger partial charge in [0.15, 0.2) is 0 Å². The van der Waals surface area contributed by atoms with Crippen LogP contribution in [-0.2, 0) is 4.79 Å². The second-order valence-electron chi connectivity index (χ2n) is 4.02. The van der Waals surface area contributed by atoms with Crippen molar-refractivity contribution in [2.75, 3.05) is 0 Å². The third-order valence-electron chi connectivity index (χ3n) is 2.77. The van der Waals surface area contributed by atoms with Gasteiger partial charge in [-0.05, 0) is 34.0 Å². The van der Waals surface area contributed by atoms with Crippen molar-refractivity contribution in [3.63, 3.8) is 0 Å². The zero-order valence-electron chi connectivity index (χ0n) is 10.2. The zero-order chi connectivity index (χ0) is 13.7. The lowest BCUT2D eigenvalue weighted by molar-refractivity contribution is -0.140. The number of carbonyl (C=O) groups excluding carboxylic acids is 1. The third-order valence-corrected chi connectivity index (χ3v) is 3.40. The highest BCUT2D eigenvalue weighted by Gasteiger charge is 2.26. The highest BCUT2D eigenvalue weighted by Crippen LogP contribution is 2.14. The number of carboxylic acids is 1. The molecule has 0 aliphatic heterocycles. The lowest BCUT2D eigenvalue weighted by atomic mass is 9.99. The Labute approximate surface area is 114 Å². The number of amides is 1. The van der Waals surface area contributed by atoms with E-state index < -0.39 is 17.9 Å². The van der Waals surface area contributed by atoms with Crippen molar-refractivity contribution in [1.82, 2.24) is 10.3 Å². The number of aliphatic carboxylic acids is 1. The normalized spacial score (nSPS) is 13.7. The number of rotatable bonds is 5. The van der Waals surface area contributed by atoms with Crippen LogP contribution in [0.3, 0.4) is 0 Å². The molecule has 1 rings (SSSR count). The van der Waals surface area contributed by atoms with Gasteiger partial charge in [-0.1, -0.05) is 20.3 Å². The lowest BCUT2D eigenvalue weighted by Crippen LogP contribution is -2.45. The Balaban J connectivity index is 2.86. The number of pyridine rings is 1. The van der Waals surface area contributed by atoms with Crippen molar-refractivity contribution in [3.05, 3.63) is 28.5 Å². The maximum absolute atomic E-state index is 12.0. The van der Waals surface area contributed by atoms with Crippen molar-refractivity contribution < 1.29 is 14.7 Å². The van der Waals surface area contributed by atoms with E-state index in [4.69, 9.17) is 5.11 Å². The van der Waals surface area contributed by atoms with Crippen molar-refractivity contribution >= 4 is 27.8 Å². The van der Waals surface area contributed by atoms with Gasteiger partial charge in [0.2, 0.25) is 0 Å². The summed E-state index contributed by atoms with van der Waals surface area (Å²) in [5.74, 6) is -1.61. The number of halogens is 1. The molecule has 18 heavy (non-hydrogen) atoms. The molecule has 6 heteroatoms. The number of nitrogens with one attached hydrogen (secondary N) is 1. The Morgan fingerprint density at radius 3 is 2.72 bits per heavy atom. The first-order valence-corrected chi connectivity index (χ1v) is 6.40. The van der Waals surface area contributed by atoms with E-state index in [2.05, 4.69) is 26.2 Å². The number of hydrogen-bond acceptors (Lipinski definition) is 3. The molecule has 0 saturated heterocycles.